The Morgan fingerprint density at radius 1 is 1.10 bits per heavy atom. The van der Waals surface area contributed by atoms with E-state index in [1.807, 2.05) is 38.1 Å². The minimum atomic E-state index is -1.06. The standard InChI is InChI=1S/C17H18N2O/c1-12(2)17(20,16-10-18-11-19-16)15-8-7-13-5-3-4-6-14(13)9-15/h3-12,20H,1-2H3,(H,18,19). The Labute approximate surface area is 118 Å². The minimum absolute atomic E-state index is 0.0316. The molecule has 102 valence electrons. The molecule has 0 fully saturated rings. The number of hydrogen-bond acceptors (Lipinski definition) is 2. The van der Waals surface area contributed by atoms with Crippen molar-refractivity contribution in [1.82, 2.24) is 9.97 Å². The predicted molar refractivity (Wildman–Crippen MR) is 80.4 cm³/mol. The van der Waals surface area contributed by atoms with Gasteiger partial charge in [-0.3, -0.25) is 0 Å². The van der Waals surface area contributed by atoms with E-state index in [0.717, 1.165) is 16.6 Å². The molecule has 0 spiro atoms. The van der Waals surface area contributed by atoms with E-state index < -0.39 is 5.60 Å². The van der Waals surface area contributed by atoms with Gasteiger partial charge in [0.05, 0.1) is 18.2 Å². The number of benzene rings is 2. The van der Waals surface area contributed by atoms with Crippen LogP contribution in [0, 0.1) is 5.92 Å². The van der Waals surface area contributed by atoms with Crippen molar-refractivity contribution in [2.75, 3.05) is 0 Å². The molecule has 1 heterocycles. The Kier molecular flexibility index (Phi) is 3.07. The zero-order valence-electron chi connectivity index (χ0n) is 11.7. The van der Waals surface area contributed by atoms with Gasteiger partial charge < -0.3 is 10.1 Å². The van der Waals surface area contributed by atoms with Crippen molar-refractivity contribution in [1.29, 1.82) is 0 Å². The van der Waals surface area contributed by atoms with Crippen molar-refractivity contribution in [3.8, 4) is 0 Å². The average molecular weight is 266 g/mol. The number of aromatic amines is 1. The van der Waals surface area contributed by atoms with Gasteiger partial charge >= 0.3 is 0 Å². The molecule has 0 saturated heterocycles. The fourth-order valence-corrected chi connectivity index (χ4v) is 2.69. The summed E-state index contributed by atoms with van der Waals surface area (Å²) >= 11 is 0. The highest BCUT2D eigenvalue weighted by atomic mass is 16.3. The smallest absolute Gasteiger partial charge is 0.133 e. The summed E-state index contributed by atoms with van der Waals surface area (Å²) in [7, 11) is 0. The molecular formula is C17H18N2O. The Morgan fingerprint density at radius 2 is 1.85 bits per heavy atom. The van der Waals surface area contributed by atoms with Crippen LogP contribution in [-0.2, 0) is 5.60 Å². The second kappa shape index (κ2) is 4.76. The lowest BCUT2D eigenvalue weighted by Crippen LogP contribution is -2.33. The van der Waals surface area contributed by atoms with Crippen LogP contribution in [0.1, 0.15) is 25.1 Å². The highest BCUT2D eigenvalue weighted by Crippen LogP contribution is 2.36. The SMILES string of the molecule is CC(C)C(O)(c1ccc2ccccc2c1)c1cnc[nH]1. The molecule has 0 aliphatic carbocycles. The molecule has 3 heteroatoms. The molecule has 1 aromatic heterocycles. The summed E-state index contributed by atoms with van der Waals surface area (Å²) in [5.41, 5.74) is 0.554. The maximum absolute atomic E-state index is 11.2. The number of rotatable bonds is 3. The van der Waals surface area contributed by atoms with E-state index in [4.69, 9.17) is 0 Å². The molecule has 20 heavy (non-hydrogen) atoms. The zero-order valence-corrected chi connectivity index (χ0v) is 11.7. The molecule has 0 aliphatic heterocycles. The third-order valence-electron chi connectivity index (χ3n) is 3.93. The first kappa shape index (κ1) is 12.9. The van der Waals surface area contributed by atoms with Gasteiger partial charge in [-0.05, 0) is 28.3 Å². The summed E-state index contributed by atoms with van der Waals surface area (Å²) in [4.78, 5) is 7.09. The number of H-pyrrole nitrogens is 1. The molecule has 1 unspecified atom stereocenters. The third-order valence-corrected chi connectivity index (χ3v) is 3.93. The van der Waals surface area contributed by atoms with Crippen LogP contribution in [0.25, 0.3) is 10.8 Å². The fourth-order valence-electron chi connectivity index (χ4n) is 2.69. The minimum Gasteiger partial charge on any atom is -0.379 e. The molecule has 0 saturated carbocycles. The van der Waals surface area contributed by atoms with Crippen molar-refractivity contribution in [3.05, 3.63) is 66.2 Å². The van der Waals surface area contributed by atoms with Crippen LogP contribution < -0.4 is 0 Å². The lowest BCUT2D eigenvalue weighted by atomic mass is 9.80. The van der Waals surface area contributed by atoms with E-state index in [9.17, 15) is 5.11 Å². The summed E-state index contributed by atoms with van der Waals surface area (Å²) in [6, 6.07) is 14.3. The van der Waals surface area contributed by atoms with Gasteiger partial charge in [-0.25, -0.2) is 4.98 Å². The van der Waals surface area contributed by atoms with Crippen molar-refractivity contribution in [2.45, 2.75) is 19.4 Å². The van der Waals surface area contributed by atoms with Crippen LogP contribution in [0.3, 0.4) is 0 Å². The van der Waals surface area contributed by atoms with Crippen LogP contribution in [0.5, 0.6) is 0 Å². The Morgan fingerprint density at radius 3 is 2.50 bits per heavy atom. The molecule has 3 rings (SSSR count). The number of nitrogens with zero attached hydrogens (tertiary/aromatic N) is 1. The van der Waals surface area contributed by atoms with E-state index in [1.165, 1.54) is 5.39 Å². The normalized spacial score (nSPS) is 14.6. The maximum Gasteiger partial charge on any atom is 0.133 e. The highest BCUT2D eigenvalue weighted by Gasteiger charge is 2.36. The maximum atomic E-state index is 11.2. The summed E-state index contributed by atoms with van der Waals surface area (Å²) < 4.78 is 0. The molecule has 2 N–H and O–H groups in total. The average Bonchev–Trinajstić information content (AvgIpc) is 3.00. The second-order valence-electron chi connectivity index (χ2n) is 5.45. The monoisotopic (exact) mass is 266 g/mol. The molecule has 0 bridgehead atoms. The van der Waals surface area contributed by atoms with E-state index in [1.54, 1.807) is 12.5 Å². The third kappa shape index (κ3) is 1.91. The quantitative estimate of drug-likeness (QED) is 0.762. The number of aromatic nitrogens is 2. The molecule has 2 aromatic carbocycles. The van der Waals surface area contributed by atoms with Gasteiger partial charge in [-0.2, -0.15) is 0 Å². The van der Waals surface area contributed by atoms with Gasteiger partial charge in [0, 0.05) is 0 Å². The van der Waals surface area contributed by atoms with Gasteiger partial charge in [0.25, 0.3) is 0 Å². The molecule has 0 amide bonds. The summed E-state index contributed by atoms with van der Waals surface area (Å²) in [5.74, 6) is 0.0316. The fraction of sp³-hybridized carbons (Fsp3) is 0.235. The van der Waals surface area contributed by atoms with Crippen LogP contribution in [0.4, 0.5) is 0 Å². The first-order chi connectivity index (χ1) is 9.62. The van der Waals surface area contributed by atoms with E-state index in [0.29, 0.717) is 0 Å². The van der Waals surface area contributed by atoms with E-state index in [-0.39, 0.29) is 5.92 Å². The van der Waals surface area contributed by atoms with E-state index >= 15 is 0 Å². The second-order valence-corrected chi connectivity index (χ2v) is 5.45. The van der Waals surface area contributed by atoms with Crippen molar-refractivity contribution in [3.63, 3.8) is 0 Å². The van der Waals surface area contributed by atoms with Gasteiger partial charge in [0.2, 0.25) is 0 Å². The zero-order chi connectivity index (χ0) is 14.2. The Hall–Kier alpha value is -2.13. The van der Waals surface area contributed by atoms with E-state index in [2.05, 4.69) is 28.2 Å². The molecule has 1 atom stereocenters. The lowest BCUT2D eigenvalue weighted by Gasteiger charge is -2.31. The van der Waals surface area contributed by atoms with Crippen molar-refractivity contribution < 1.29 is 5.11 Å². The highest BCUT2D eigenvalue weighted by molar-refractivity contribution is 5.83. The van der Waals surface area contributed by atoms with Gasteiger partial charge in [-0.15, -0.1) is 0 Å². The summed E-state index contributed by atoms with van der Waals surface area (Å²) in [6.07, 6.45) is 3.29. The largest absolute Gasteiger partial charge is 0.379 e. The number of hydrogen-bond donors (Lipinski definition) is 2. The topological polar surface area (TPSA) is 48.9 Å². The number of fused-ring (bicyclic) bond motifs is 1. The Balaban J connectivity index is 2.20. The Bertz CT molecular complexity index is 719. The first-order valence-electron chi connectivity index (χ1n) is 6.83. The molecule has 0 aliphatic rings. The van der Waals surface area contributed by atoms with Crippen molar-refractivity contribution >= 4 is 10.8 Å². The lowest BCUT2D eigenvalue weighted by molar-refractivity contribution is 0.0281. The molecule has 0 radical (unpaired) electrons. The molecule has 3 nitrogen and oxygen atoms in total. The van der Waals surface area contributed by atoms with Gasteiger partial charge in [0.15, 0.2) is 0 Å². The van der Waals surface area contributed by atoms with Crippen LogP contribution in [0.2, 0.25) is 0 Å². The van der Waals surface area contributed by atoms with Gasteiger partial charge in [-0.1, -0.05) is 50.2 Å². The summed E-state index contributed by atoms with van der Waals surface area (Å²) in [5, 5.41) is 13.5. The molecular weight excluding hydrogens is 248 g/mol. The van der Waals surface area contributed by atoms with Crippen LogP contribution in [0.15, 0.2) is 55.0 Å². The predicted octanol–water partition coefficient (Wildman–Crippen LogP) is 3.45. The number of aliphatic hydroxyl groups is 1. The first-order valence-corrected chi connectivity index (χ1v) is 6.83. The van der Waals surface area contributed by atoms with Crippen LogP contribution >= 0.6 is 0 Å². The number of nitrogens with one attached hydrogen (secondary N) is 1. The summed E-state index contributed by atoms with van der Waals surface area (Å²) in [6.45, 7) is 4.02. The number of imidazole rings is 1. The van der Waals surface area contributed by atoms with Gasteiger partial charge in [0.1, 0.15) is 5.60 Å². The van der Waals surface area contributed by atoms with Crippen molar-refractivity contribution in [2.24, 2.45) is 5.92 Å². The molecule has 3 aromatic rings. The van der Waals surface area contributed by atoms with Crippen LogP contribution in [-0.4, -0.2) is 15.1 Å².